The van der Waals surface area contributed by atoms with Gasteiger partial charge in [-0.15, -0.1) is 0 Å². The number of rotatable bonds is 6. The molecule has 0 bridgehead atoms. The highest BCUT2D eigenvalue weighted by Crippen LogP contribution is 2.50. The number of fused-ring (bicyclic) bond motifs is 2. The van der Waals surface area contributed by atoms with Crippen molar-refractivity contribution in [2.24, 2.45) is 5.16 Å². The van der Waals surface area contributed by atoms with E-state index in [0.29, 0.717) is 40.8 Å². The van der Waals surface area contributed by atoms with Gasteiger partial charge in [0.05, 0.1) is 23.3 Å². The average molecular weight is 644 g/mol. The van der Waals surface area contributed by atoms with Crippen LogP contribution in [0.4, 0.5) is 13.2 Å². The molecule has 44 heavy (non-hydrogen) atoms. The SMILES string of the molecule is Cc1c(Cl)cc(C2(C(F)(F)F)CC(c3ccc(C(=O)NCCc4ccc5c(c4)B(O)OC5(C)C)n4cccc34)=NO2)cc1Cl. The number of hydrogen-bond donors (Lipinski definition) is 2. The van der Waals surface area contributed by atoms with Crippen LogP contribution in [0, 0.1) is 6.92 Å². The van der Waals surface area contributed by atoms with E-state index in [4.69, 9.17) is 32.7 Å². The van der Waals surface area contributed by atoms with Crippen LogP contribution in [-0.2, 0) is 27.1 Å². The van der Waals surface area contributed by atoms with Crippen LogP contribution in [0.3, 0.4) is 0 Å². The lowest BCUT2D eigenvalue weighted by Gasteiger charge is -2.30. The van der Waals surface area contributed by atoms with E-state index in [1.54, 1.807) is 41.8 Å². The molecule has 2 aliphatic rings. The van der Waals surface area contributed by atoms with Crippen LogP contribution in [0.5, 0.6) is 0 Å². The second kappa shape index (κ2) is 10.8. The van der Waals surface area contributed by atoms with Gasteiger partial charge in [0.2, 0.25) is 0 Å². The fourth-order valence-electron chi connectivity index (χ4n) is 5.83. The fourth-order valence-corrected chi connectivity index (χ4v) is 6.32. The highest BCUT2D eigenvalue weighted by Gasteiger charge is 2.62. The van der Waals surface area contributed by atoms with Crippen molar-refractivity contribution >= 4 is 52.9 Å². The second-order valence-corrected chi connectivity index (χ2v) is 12.3. The second-order valence-electron chi connectivity index (χ2n) is 11.5. The summed E-state index contributed by atoms with van der Waals surface area (Å²) in [6, 6.07) is 14.7. The lowest BCUT2D eigenvalue weighted by molar-refractivity contribution is -0.275. The minimum absolute atomic E-state index is 0.0664. The molecule has 4 heterocycles. The number of carbonyl (C=O) groups is 1. The van der Waals surface area contributed by atoms with Crippen LogP contribution < -0.4 is 10.8 Å². The Morgan fingerprint density at radius 2 is 1.86 bits per heavy atom. The molecule has 0 aliphatic carbocycles. The van der Waals surface area contributed by atoms with Crippen molar-refractivity contribution in [3.8, 4) is 0 Å². The van der Waals surface area contributed by atoms with Crippen molar-refractivity contribution in [2.45, 2.75) is 51.0 Å². The molecule has 2 aromatic heterocycles. The lowest BCUT2D eigenvalue weighted by atomic mass is 9.77. The predicted molar refractivity (Wildman–Crippen MR) is 163 cm³/mol. The number of amides is 1. The predicted octanol–water partition coefficient (Wildman–Crippen LogP) is 6.06. The van der Waals surface area contributed by atoms with Crippen molar-refractivity contribution in [3.63, 3.8) is 0 Å². The third kappa shape index (κ3) is 5.05. The Labute approximate surface area is 261 Å². The van der Waals surface area contributed by atoms with Gasteiger partial charge in [0.15, 0.2) is 0 Å². The zero-order valence-electron chi connectivity index (χ0n) is 23.9. The van der Waals surface area contributed by atoms with E-state index in [-0.39, 0.29) is 27.2 Å². The van der Waals surface area contributed by atoms with E-state index in [0.717, 1.165) is 11.1 Å². The van der Waals surface area contributed by atoms with Crippen LogP contribution in [0.2, 0.25) is 10.0 Å². The summed E-state index contributed by atoms with van der Waals surface area (Å²) in [6.45, 7) is 5.72. The molecule has 228 valence electrons. The van der Waals surface area contributed by atoms with Crippen LogP contribution in [-0.4, -0.2) is 40.9 Å². The summed E-state index contributed by atoms with van der Waals surface area (Å²) >= 11 is 12.4. The van der Waals surface area contributed by atoms with Gasteiger partial charge < -0.3 is 24.2 Å². The number of halogens is 5. The van der Waals surface area contributed by atoms with Crippen LogP contribution >= 0.6 is 23.2 Å². The summed E-state index contributed by atoms with van der Waals surface area (Å²) in [5.41, 5.74) is 0.660. The molecule has 2 aliphatic heterocycles. The van der Waals surface area contributed by atoms with Crippen LogP contribution in [0.15, 0.2) is 65.9 Å². The van der Waals surface area contributed by atoms with Gasteiger partial charge in [0.25, 0.3) is 11.5 Å². The molecular weight excluding hydrogens is 617 g/mol. The molecule has 0 fully saturated rings. The molecular formula is C31H27BCl2F3N3O4. The highest BCUT2D eigenvalue weighted by molar-refractivity contribution is 6.62. The summed E-state index contributed by atoms with van der Waals surface area (Å²) in [6.07, 6.45) is -3.28. The molecule has 4 aromatic rings. The molecule has 1 amide bonds. The average Bonchev–Trinajstić information content (AvgIpc) is 3.68. The third-order valence-corrected chi connectivity index (χ3v) is 9.09. The first kappa shape index (κ1) is 30.5. The molecule has 2 N–H and O–H groups in total. The molecule has 1 unspecified atom stereocenters. The Hall–Kier alpha value is -3.51. The van der Waals surface area contributed by atoms with Crippen LogP contribution in [0.1, 0.15) is 58.6 Å². The van der Waals surface area contributed by atoms with Crippen molar-refractivity contribution in [2.75, 3.05) is 6.54 Å². The number of alkyl halides is 3. The number of hydrogen-bond acceptors (Lipinski definition) is 5. The van der Waals surface area contributed by atoms with E-state index >= 15 is 0 Å². The first-order valence-corrected chi connectivity index (χ1v) is 14.6. The number of oxime groups is 1. The molecule has 0 saturated carbocycles. The number of carbonyl (C=O) groups excluding carboxylic acids is 1. The lowest BCUT2D eigenvalue weighted by Crippen LogP contribution is -2.42. The molecule has 13 heteroatoms. The summed E-state index contributed by atoms with van der Waals surface area (Å²) in [7, 11) is -1.00. The maximum Gasteiger partial charge on any atom is 0.492 e. The Morgan fingerprint density at radius 1 is 1.14 bits per heavy atom. The van der Waals surface area contributed by atoms with Gasteiger partial charge in [-0.1, -0.05) is 46.6 Å². The topological polar surface area (TPSA) is 84.6 Å². The molecule has 1 atom stereocenters. The van der Waals surface area contributed by atoms with Crippen molar-refractivity contribution in [3.05, 3.63) is 104 Å². The van der Waals surface area contributed by atoms with E-state index < -0.39 is 30.9 Å². The normalized spacial score (nSPS) is 19.2. The summed E-state index contributed by atoms with van der Waals surface area (Å²) in [4.78, 5) is 18.4. The molecule has 0 spiro atoms. The molecule has 7 nitrogen and oxygen atoms in total. The van der Waals surface area contributed by atoms with Gasteiger partial charge in [-0.05, 0) is 85.7 Å². The Balaban J connectivity index is 1.21. The van der Waals surface area contributed by atoms with Gasteiger partial charge >= 0.3 is 13.3 Å². The van der Waals surface area contributed by atoms with E-state index in [9.17, 15) is 23.0 Å². The molecule has 6 rings (SSSR count). The maximum absolute atomic E-state index is 14.6. The van der Waals surface area contributed by atoms with Gasteiger partial charge in [-0.2, -0.15) is 13.2 Å². The molecule has 0 radical (unpaired) electrons. The smallest absolute Gasteiger partial charge is 0.423 e. The zero-order chi connectivity index (χ0) is 31.6. The first-order chi connectivity index (χ1) is 20.7. The van der Waals surface area contributed by atoms with Gasteiger partial charge in [-0.25, -0.2) is 0 Å². The quantitative estimate of drug-likeness (QED) is 0.250. The standard InChI is InChI=1S/C31H27BCl2F3N3O4/c1-17-23(33)14-19(15-24(17)34)30(31(35,36)37)16-25(39-44-30)20-7-9-27(40-12-4-5-26(20)40)28(41)38-11-10-18-6-8-21-22(13-18)32(42)43-29(21,2)3/h4-9,12-15,42H,10-11,16H2,1-3H3,(H,38,41). The maximum atomic E-state index is 14.6. The van der Waals surface area contributed by atoms with E-state index in [2.05, 4.69) is 10.5 Å². The largest absolute Gasteiger partial charge is 0.492 e. The summed E-state index contributed by atoms with van der Waals surface area (Å²) < 4.78 is 51.0. The van der Waals surface area contributed by atoms with E-state index in [1.165, 1.54) is 12.1 Å². The summed E-state index contributed by atoms with van der Waals surface area (Å²) in [5.74, 6) is -0.360. The number of benzene rings is 2. The Morgan fingerprint density at radius 3 is 2.57 bits per heavy atom. The van der Waals surface area contributed by atoms with Crippen LogP contribution in [0.25, 0.3) is 5.52 Å². The van der Waals surface area contributed by atoms with Gasteiger partial charge in [0, 0.05) is 33.9 Å². The minimum Gasteiger partial charge on any atom is -0.423 e. The van der Waals surface area contributed by atoms with Gasteiger partial charge in [0.1, 0.15) is 5.69 Å². The zero-order valence-corrected chi connectivity index (χ0v) is 25.4. The Kier molecular flexibility index (Phi) is 7.52. The summed E-state index contributed by atoms with van der Waals surface area (Å²) in [5, 5.41) is 17.2. The highest BCUT2D eigenvalue weighted by atomic mass is 35.5. The number of pyridine rings is 1. The first-order valence-electron chi connectivity index (χ1n) is 13.9. The van der Waals surface area contributed by atoms with E-state index in [1.807, 2.05) is 32.0 Å². The molecule has 2 aromatic carbocycles. The fraction of sp³-hybridized carbons (Fsp3) is 0.290. The monoisotopic (exact) mass is 643 g/mol. The minimum atomic E-state index is -4.83. The van der Waals surface area contributed by atoms with Crippen molar-refractivity contribution in [1.29, 1.82) is 0 Å². The Bertz CT molecular complexity index is 1820. The van der Waals surface area contributed by atoms with Crippen molar-refractivity contribution in [1.82, 2.24) is 9.72 Å². The number of aromatic nitrogens is 1. The number of nitrogens with zero attached hydrogens (tertiary/aromatic N) is 2. The molecule has 0 saturated heterocycles. The number of nitrogens with one attached hydrogen (secondary N) is 1. The van der Waals surface area contributed by atoms with Gasteiger partial charge in [-0.3, -0.25) is 4.79 Å². The van der Waals surface area contributed by atoms with Crippen molar-refractivity contribution < 1.29 is 32.5 Å². The third-order valence-electron chi connectivity index (χ3n) is 8.31.